The van der Waals surface area contributed by atoms with Gasteiger partial charge in [0.05, 0.1) is 0 Å². The van der Waals surface area contributed by atoms with E-state index in [2.05, 4.69) is 12.8 Å². The van der Waals surface area contributed by atoms with Crippen molar-refractivity contribution >= 4 is 5.97 Å². The predicted octanol–water partition coefficient (Wildman–Crippen LogP) is 1.53. The van der Waals surface area contributed by atoms with Crippen LogP contribution in [-0.2, 0) is 20.7 Å². The second kappa shape index (κ2) is 8.21. The Kier molecular flexibility index (Phi) is 5.70. The molecule has 0 aromatic heterocycles. The number of carboxylic acids is 1. The molecule has 1 aromatic rings. The van der Waals surface area contributed by atoms with Crippen molar-refractivity contribution in [3.63, 3.8) is 0 Å². The zero-order valence-electron chi connectivity index (χ0n) is 19.1. The highest BCUT2D eigenvalue weighted by Gasteiger charge is 2.64. The molecule has 4 aliphatic rings. The highest BCUT2D eigenvalue weighted by molar-refractivity contribution is 5.73. The SMILES string of the molecule is C#C[C@@]1(O[C@H]2O[C@@H](C(=O)O)[C@H](O)[C@@H](O)[C@H]2O)CC[C@H]2[C@H]3CCc4cc(O)ccc4[C@H]3CC[C@@]21C. The van der Waals surface area contributed by atoms with Crippen molar-refractivity contribution in [1.29, 1.82) is 0 Å². The van der Waals surface area contributed by atoms with Crippen molar-refractivity contribution in [3.8, 4) is 18.1 Å². The van der Waals surface area contributed by atoms with Crippen LogP contribution in [-0.4, -0.2) is 67.8 Å². The number of rotatable bonds is 3. The van der Waals surface area contributed by atoms with E-state index in [9.17, 15) is 30.3 Å². The van der Waals surface area contributed by atoms with E-state index in [1.54, 1.807) is 6.07 Å². The summed E-state index contributed by atoms with van der Waals surface area (Å²) >= 11 is 0. The molecule has 5 N–H and O–H groups in total. The average Bonchev–Trinajstić information content (AvgIpc) is 3.11. The monoisotopic (exact) mass is 472 g/mol. The number of carbonyl (C=O) groups is 1. The minimum absolute atomic E-state index is 0.260. The van der Waals surface area contributed by atoms with Crippen LogP contribution >= 0.6 is 0 Å². The fourth-order valence-corrected chi connectivity index (χ4v) is 7.38. The third kappa shape index (κ3) is 3.29. The highest BCUT2D eigenvalue weighted by atomic mass is 16.7. The number of ether oxygens (including phenoxy) is 2. The smallest absolute Gasteiger partial charge is 0.335 e. The van der Waals surface area contributed by atoms with E-state index in [-0.39, 0.29) is 11.7 Å². The summed E-state index contributed by atoms with van der Waals surface area (Å²) in [6.45, 7) is 2.11. The quantitative estimate of drug-likeness (QED) is 0.418. The van der Waals surface area contributed by atoms with E-state index in [4.69, 9.17) is 15.9 Å². The average molecular weight is 473 g/mol. The first-order valence-corrected chi connectivity index (χ1v) is 12.0. The standard InChI is InChI=1S/C26H32O8/c1-3-26(34-24-21(30)19(28)20(29)22(33-24)23(31)32)11-9-18-17-6-4-13-12-14(27)5-7-15(13)16(17)8-10-25(18,26)2/h1,5,7,12,16-22,24,27-30H,4,6,8-11H2,2H3,(H,31,32)/t16-,17+,18+,19-,20-,21-,22-,24-,25+,26-/m1/s1. The molecule has 0 amide bonds. The first kappa shape index (κ1) is 23.6. The molecule has 3 fully saturated rings. The highest BCUT2D eigenvalue weighted by Crippen LogP contribution is 2.65. The Hall–Kier alpha value is -2.15. The number of hydrogen-bond donors (Lipinski definition) is 5. The van der Waals surface area contributed by atoms with Crippen LogP contribution < -0.4 is 0 Å². The Morgan fingerprint density at radius 1 is 1.15 bits per heavy atom. The van der Waals surface area contributed by atoms with Gasteiger partial charge >= 0.3 is 5.97 Å². The van der Waals surface area contributed by atoms with E-state index in [1.807, 2.05) is 12.1 Å². The van der Waals surface area contributed by atoms with Crippen LogP contribution in [0.5, 0.6) is 5.75 Å². The zero-order chi connectivity index (χ0) is 24.4. The molecular formula is C26H32O8. The number of phenols is 1. The molecule has 0 unspecified atom stereocenters. The molecule has 10 atom stereocenters. The summed E-state index contributed by atoms with van der Waals surface area (Å²) in [6, 6.07) is 5.65. The minimum Gasteiger partial charge on any atom is -0.508 e. The number of fused-ring (bicyclic) bond motifs is 5. The molecule has 3 aliphatic carbocycles. The molecule has 8 nitrogen and oxygen atoms in total. The number of aliphatic hydroxyl groups is 3. The second-order valence-electron chi connectivity index (χ2n) is 10.6. The van der Waals surface area contributed by atoms with Gasteiger partial charge in [0.2, 0.25) is 0 Å². The predicted molar refractivity (Wildman–Crippen MR) is 120 cm³/mol. The summed E-state index contributed by atoms with van der Waals surface area (Å²) in [5.74, 6) is 2.70. The lowest BCUT2D eigenvalue weighted by Crippen LogP contribution is -2.63. The largest absolute Gasteiger partial charge is 0.508 e. The number of aromatic hydroxyl groups is 1. The lowest BCUT2D eigenvalue weighted by atomic mass is 9.53. The van der Waals surface area contributed by atoms with Crippen LogP contribution in [0.2, 0.25) is 0 Å². The molecule has 0 radical (unpaired) electrons. The van der Waals surface area contributed by atoms with Crippen LogP contribution in [0.1, 0.15) is 56.1 Å². The van der Waals surface area contributed by atoms with E-state index in [0.717, 1.165) is 32.1 Å². The number of aryl methyl sites for hydroxylation is 1. The molecular weight excluding hydrogens is 440 g/mol. The molecule has 0 spiro atoms. The van der Waals surface area contributed by atoms with Crippen molar-refractivity contribution in [1.82, 2.24) is 0 Å². The Morgan fingerprint density at radius 2 is 1.91 bits per heavy atom. The minimum atomic E-state index is -1.78. The van der Waals surface area contributed by atoms with Crippen LogP contribution in [0.4, 0.5) is 0 Å². The maximum Gasteiger partial charge on any atom is 0.335 e. The van der Waals surface area contributed by atoms with Gasteiger partial charge in [0.15, 0.2) is 12.4 Å². The number of aliphatic carboxylic acids is 1. The van der Waals surface area contributed by atoms with Crippen molar-refractivity contribution in [2.75, 3.05) is 0 Å². The number of carboxylic acid groups (broad SMARTS) is 1. The summed E-state index contributed by atoms with van der Waals surface area (Å²) < 4.78 is 11.7. The molecule has 1 heterocycles. The summed E-state index contributed by atoms with van der Waals surface area (Å²) in [6.07, 6.45) is 2.62. The maximum absolute atomic E-state index is 11.5. The number of benzene rings is 1. The molecule has 184 valence electrons. The van der Waals surface area contributed by atoms with Crippen LogP contribution in [0, 0.1) is 29.6 Å². The van der Waals surface area contributed by atoms with Gasteiger partial charge in [0.25, 0.3) is 0 Å². The zero-order valence-corrected chi connectivity index (χ0v) is 19.1. The van der Waals surface area contributed by atoms with Crippen molar-refractivity contribution < 1.29 is 39.8 Å². The second-order valence-corrected chi connectivity index (χ2v) is 10.6. The molecule has 1 aliphatic heterocycles. The topological polar surface area (TPSA) is 137 Å². The van der Waals surface area contributed by atoms with Gasteiger partial charge in [-0.1, -0.05) is 18.9 Å². The van der Waals surface area contributed by atoms with Crippen molar-refractivity contribution in [2.24, 2.45) is 17.3 Å². The fourth-order valence-electron chi connectivity index (χ4n) is 7.38. The lowest BCUT2D eigenvalue weighted by molar-refractivity contribution is -0.324. The maximum atomic E-state index is 11.5. The van der Waals surface area contributed by atoms with E-state index in [0.29, 0.717) is 18.3 Å². The van der Waals surface area contributed by atoms with Crippen LogP contribution in [0.3, 0.4) is 0 Å². The molecule has 2 saturated carbocycles. The number of phenolic OH excluding ortho intramolecular Hbond substituents is 1. The van der Waals surface area contributed by atoms with Gasteiger partial charge in [-0.3, -0.25) is 0 Å². The summed E-state index contributed by atoms with van der Waals surface area (Å²) in [5, 5.41) is 50.1. The van der Waals surface area contributed by atoms with Crippen molar-refractivity contribution in [2.45, 2.75) is 87.7 Å². The third-order valence-corrected chi connectivity index (χ3v) is 9.19. The molecule has 8 heteroatoms. The molecule has 0 bridgehead atoms. The van der Waals surface area contributed by atoms with Gasteiger partial charge in [-0.05, 0) is 79.5 Å². The summed E-state index contributed by atoms with van der Waals surface area (Å²) in [4.78, 5) is 11.5. The Labute approximate surface area is 198 Å². The third-order valence-electron chi connectivity index (χ3n) is 9.19. The Morgan fingerprint density at radius 3 is 2.62 bits per heavy atom. The summed E-state index contributed by atoms with van der Waals surface area (Å²) in [7, 11) is 0. The van der Waals surface area contributed by atoms with Gasteiger partial charge in [-0.15, -0.1) is 6.42 Å². The normalized spacial score (nSPS) is 45.5. The molecule has 34 heavy (non-hydrogen) atoms. The van der Waals surface area contributed by atoms with Gasteiger partial charge in [-0.2, -0.15) is 0 Å². The van der Waals surface area contributed by atoms with Crippen LogP contribution in [0.15, 0.2) is 18.2 Å². The number of terminal acetylenes is 1. The first-order chi connectivity index (χ1) is 16.1. The van der Waals surface area contributed by atoms with Crippen LogP contribution in [0.25, 0.3) is 0 Å². The van der Waals surface area contributed by atoms with E-state index >= 15 is 0 Å². The fraction of sp³-hybridized carbons (Fsp3) is 0.654. The lowest BCUT2D eigenvalue weighted by Gasteiger charge is -2.54. The first-order valence-electron chi connectivity index (χ1n) is 12.0. The van der Waals surface area contributed by atoms with Gasteiger partial charge in [-0.25, -0.2) is 4.79 Å². The molecule has 5 rings (SSSR count). The Bertz CT molecular complexity index is 1020. The Balaban J connectivity index is 1.42. The van der Waals surface area contributed by atoms with Gasteiger partial charge in [0, 0.05) is 5.41 Å². The number of aliphatic hydroxyl groups excluding tert-OH is 3. The molecule has 1 aromatic carbocycles. The summed E-state index contributed by atoms with van der Waals surface area (Å²) in [5.41, 5.74) is 0.963. The van der Waals surface area contributed by atoms with Gasteiger partial charge in [0.1, 0.15) is 29.7 Å². The van der Waals surface area contributed by atoms with E-state index < -0.39 is 47.7 Å². The number of hydrogen-bond acceptors (Lipinski definition) is 7. The van der Waals surface area contributed by atoms with Gasteiger partial charge < -0.3 is 35.0 Å². The van der Waals surface area contributed by atoms with Crippen molar-refractivity contribution in [3.05, 3.63) is 29.3 Å². The van der Waals surface area contributed by atoms with E-state index in [1.165, 1.54) is 11.1 Å². The molecule has 1 saturated heterocycles.